The fourth-order valence-electron chi connectivity index (χ4n) is 2.16. The highest BCUT2D eigenvalue weighted by atomic mass is 16.7. The maximum absolute atomic E-state index is 11.9. The molecule has 0 saturated carbocycles. The molecule has 10 nitrogen and oxygen atoms in total. The van der Waals surface area contributed by atoms with E-state index in [9.17, 15) is 19.7 Å². The molecule has 0 atom stereocenters. The van der Waals surface area contributed by atoms with Crippen molar-refractivity contribution in [1.82, 2.24) is 0 Å². The van der Waals surface area contributed by atoms with Gasteiger partial charge in [0.25, 0.3) is 5.91 Å². The monoisotopic (exact) mass is 394 g/mol. The highest BCUT2D eigenvalue weighted by molar-refractivity contribution is 5.94. The van der Waals surface area contributed by atoms with Gasteiger partial charge < -0.3 is 14.5 Å². The molecule has 1 amide bonds. The topological polar surface area (TPSA) is 136 Å². The summed E-state index contributed by atoms with van der Waals surface area (Å²) in [6.45, 7) is -0.581. The number of anilines is 1. The number of carbonyl (C=O) groups excluding carboxylic acids is 2. The number of hydrogen-bond acceptors (Lipinski definition) is 8. The van der Waals surface area contributed by atoms with E-state index in [2.05, 4.69) is 15.5 Å². The first-order chi connectivity index (χ1) is 14.0. The van der Waals surface area contributed by atoms with Crippen LogP contribution in [0.5, 0.6) is 0 Å². The minimum absolute atomic E-state index is 0.363. The second-order valence-corrected chi connectivity index (χ2v) is 5.60. The van der Waals surface area contributed by atoms with Gasteiger partial charge in [0, 0.05) is 5.69 Å². The lowest BCUT2D eigenvalue weighted by atomic mass is 10.3. The molecule has 0 spiro atoms. The molecule has 3 aromatic rings. The standard InChI is InChI=1S/C19H14N4O6/c24-17(12-28-19(25)16-10-11-18(29-16)23(26)27)20-13-6-8-15(9-7-13)22-21-14-4-2-1-3-5-14/h1-11H,12H2,(H,20,24). The SMILES string of the molecule is O=C(COC(=O)c1ccc([N+](=O)[O-])o1)Nc1ccc(N=Nc2ccccc2)cc1. The molecule has 0 aliphatic heterocycles. The molecule has 1 N–H and O–H groups in total. The molecule has 0 fully saturated rings. The molecule has 1 aromatic heterocycles. The third kappa shape index (κ3) is 5.57. The van der Waals surface area contributed by atoms with Crippen LogP contribution in [-0.4, -0.2) is 23.4 Å². The Balaban J connectivity index is 1.49. The smallest absolute Gasteiger partial charge is 0.433 e. The summed E-state index contributed by atoms with van der Waals surface area (Å²) in [5.74, 6) is -2.52. The summed E-state index contributed by atoms with van der Waals surface area (Å²) in [5.41, 5.74) is 1.78. The summed E-state index contributed by atoms with van der Waals surface area (Å²) in [4.78, 5) is 33.4. The molecular formula is C19H14N4O6. The Morgan fingerprint density at radius 3 is 2.24 bits per heavy atom. The zero-order valence-corrected chi connectivity index (χ0v) is 14.8. The van der Waals surface area contributed by atoms with E-state index in [1.807, 2.05) is 30.3 Å². The summed E-state index contributed by atoms with van der Waals surface area (Å²) >= 11 is 0. The van der Waals surface area contributed by atoms with Crippen LogP contribution in [0.1, 0.15) is 10.6 Å². The predicted molar refractivity (Wildman–Crippen MR) is 101 cm³/mol. The minimum atomic E-state index is -0.982. The molecule has 10 heteroatoms. The fraction of sp³-hybridized carbons (Fsp3) is 0.0526. The lowest BCUT2D eigenvalue weighted by molar-refractivity contribution is -0.402. The molecule has 146 valence electrons. The number of hydrogen-bond donors (Lipinski definition) is 1. The van der Waals surface area contributed by atoms with Gasteiger partial charge in [-0.1, -0.05) is 18.2 Å². The number of azo groups is 1. The normalized spacial score (nSPS) is 10.6. The average molecular weight is 394 g/mol. The summed E-state index contributed by atoms with van der Waals surface area (Å²) < 4.78 is 9.47. The summed E-state index contributed by atoms with van der Waals surface area (Å²) in [6.07, 6.45) is 0. The molecule has 0 radical (unpaired) electrons. The maximum atomic E-state index is 11.9. The van der Waals surface area contributed by atoms with E-state index >= 15 is 0 Å². The fourth-order valence-corrected chi connectivity index (χ4v) is 2.16. The lowest BCUT2D eigenvalue weighted by Crippen LogP contribution is -2.20. The van der Waals surface area contributed by atoms with Crippen molar-refractivity contribution < 1.29 is 23.7 Å². The van der Waals surface area contributed by atoms with E-state index in [0.29, 0.717) is 17.1 Å². The van der Waals surface area contributed by atoms with Crippen LogP contribution in [0.15, 0.2) is 81.4 Å². The van der Waals surface area contributed by atoms with E-state index < -0.39 is 29.3 Å². The molecule has 0 aliphatic rings. The van der Waals surface area contributed by atoms with Gasteiger partial charge >= 0.3 is 11.9 Å². The molecular weight excluding hydrogens is 380 g/mol. The molecule has 1 heterocycles. The van der Waals surface area contributed by atoms with Crippen molar-refractivity contribution in [3.63, 3.8) is 0 Å². The number of amides is 1. The number of nitrogens with zero attached hydrogens (tertiary/aromatic N) is 3. The van der Waals surface area contributed by atoms with E-state index in [1.165, 1.54) is 0 Å². The van der Waals surface area contributed by atoms with Crippen LogP contribution in [0.2, 0.25) is 0 Å². The quantitative estimate of drug-likeness (QED) is 0.273. The third-order valence-corrected chi connectivity index (χ3v) is 3.50. The number of furan rings is 1. The van der Waals surface area contributed by atoms with Crippen molar-refractivity contribution in [2.75, 3.05) is 11.9 Å². The highest BCUT2D eigenvalue weighted by Crippen LogP contribution is 2.20. The second-order valence-electron chi connectivity index (χ2n) is 5.60. The number of carbonyl (C=O) groups is 2. The lowest BCUT2D eigenvalue weighted by Gasteiger charge is -2.05. The van der Waals surface area contributed by atoms with Gasteiger partial charge in [-0.3, -0.25) is 14.9 Å². The van der Waals surface area contributed by atoms with Gasteiger partial charge in [-0.25, -0.2) is 4.79 Å². The minimum Gasteiger partial charge on any atom is -0.450 e. The van der Waals surface area contributed by atoms with E-state index in [1.54, 1.807) is 24.3 Å². The summed E-state index contributed by atoms with van der Waals surface area (Å²) in [7, 11) is 0. The van der Waals surface area contributed by atoms with Crippen LogP contribution in [0.4, 0.5) is 22.9 Å². The van der Waals surface area contributed by atoms with Gasteiger partial charge in [-0.05, 0) is 42.5 Å². The predicted octanol–water partition coefficient (Wildman–Crippen LogP) is 4.40. The van der Waals surface area contributed by atoms with Crippen LogP contribution >= 0.6 is 0 Å². The zero-order chi connectivity index (χ0) is 20.6. The Morgan fingerprint density at radius 1 is 0.966 bits per heavy atom. The summed E-state index contributed by atoms with van der Waals surface area (Å²) in [5, 5.41) is 21.2. The summed E-state index contributed by atoms with van der Waals surface area (Å²) in [6, 6.07) is 17.9. The molecule has 3 rings (SSSR count). The van der Waals surface area contributed by atoms with Crippen molar-refractivity contribution in [3.8, 4) is 0 Å². The Morgan fingerprint density at radius 2 is 1.62 bits per heavy atom. The Kier molecular flexibility index (Phi) is 6.05. The molecule has 29 heavy (non-hydrogen) atoms. The van der Waals surface area contributed by atoms with Crippen molar-refractivity contribution >= 4 is 34.8 Å². The largest absolute Gasteiger partial charge is 0.450 e. The van der Waals surface area contributed by atoms with Crippen LogP contribution < -0.4 is 5.32 Å². The van der Waals surface area contributed by atoms with Gasteiger partial charge in [0.1, 0.15) is 4.92 Å². The Hall–Kier alpha value is -4.34. The Labute approximate surface area is 164 Å². The van der Waals surface area contributed by atoms with Crippen LogP contribution in [-0.2, 0) is 9.53 Å². The number of ether oxygens (including phenoxy) is 1. The van der Waals surface area contributed by atoms with Gasteiger partial charge in [0.15, 0.2) is 6.61 Å². The highest BCUT2D eigenvalue weighted by Gasteiger charge is 2.19. The second kappa shape index (κ2) is 9.04. The molecule has 0 unspecified atom stereocenters. The maximum Gasteiger partial charge on any atom is 0.433 e. The van der Waals surface area contributed by atoms with Crippen LogP contribution in [0, 0.1) is 10.1 Å². The van der Waals surface area contributed by atoms with Crippen LogP contribution in [0.25, 0.3) is 0 Å². The third-order valence-electron chi connectivity index (χ3n) is 3.50. The molecule has 0 bridgehead atoms. The van der Waals surface area contributed by atoms with Gasteiger partial charge in [0.2, 0.25) is 5.76 Å². The first-order valence-corrected chi connectivity index (χ1v) is 8.29. The molecule has 0 saturated heterocycles. The van der Waals surface area contributed by atoms with Gasteiger partial charge in [0.05, 0.1) is 17.4 Å². The first kappa shape index (κ1) is 19.4. The number of esters is 1. The van der Waals surface area contributed by atoms with Crippen molar-refractivity contribution in [1.29, 1.82) is 0 Å². The first-order valence-electron chi connectivity index (χ1n) is 8.29. The zero-order valence-electron chi connectivity index (χ0n) is 14.8. The Bertz CT molecular complexity index is 1040. The number of nitro groups is 1. The van der Waals surface area contributed by atoms with Crippen LogP contribution in [0.3, 0.4) is 0 Å². The van der Waals surface area contributed by atoms with Crippen molar-refractivity contribution in [3.05, 3.63) is 82.6 Å². The van der Waals surface area contributed by atoms with E-state index in [4.69, 9.17) is 9.15 Å². The number of rotatable bonds is 7. The van der Waals surface area contributed by atoms with Crippen molar-refractivity contribution in [2.24, 2.45) is 10.2 Å². The van der Waals surface area contributed by atoms with Gasteiger partial charge in [-0.2, -0.15) is 10.2 Å². The van der Waals surface area contributed by atoms with Crippen molar-refractivity contribution in [2.45, 2.75) is 0 Å². The van der Waals surface area contributed by atoms with E-state index in [0.717, 1.165) is 12.1 Å². The average Bonchev–Trinajstić information content (AvgIpc) is 3.23. The number of nitrogens with one attached hydrogen (secondary N) is 1. The van der Waals surface area contributed by atoms with E-state index in [-0.39, 0.29) is 5.76 Å². The molecule has 2 aromatic carbocycles. The molecule has 0 aliphatic carbocycles. The number of benzene rings is 2. The van der Waals surface area contributed by atoms with Gasteiger partial charge in [-0.15, -0.1) is 0 Å².